The van der Waals surface area contributed by atoms with Gasteiger partial charge in [0.2, 0.25) is 0 Å². The molecule has 0 aliphatic carbocycles. The normalized spacial score (nSPS) is 11.9. The molecule has 0 unspecified atom stereocenters. The van der Waals surface area contributed by atoms with Crippen LogP contribution >= 0.6 is 22.7 Å². The molecule has 3 aromatic rings. The van der Waals surface area contributed by atoms with E-state index in [1.807, 2.05) is 19.2 Å². The molecule has 1 N–H and O–H groups in total. The van der Waals surface area contributed by atoms with Crippen molar-refractivity contribution in [2.45, 2.75) is 24.0 Å². The molecule has 0 amide bonds. The standard InChI is InChI=1S/C16H14F2N2O2S3/c1-9(2)14-8-24-16(19-14)10-5-15(23-7-10)25(21,22)20-11-3-4-12(17)13(18)6-11/h3-9,20H,1-2H3. The van der Waals surface area contributed by atoms with E-state index in [1.165, 1.54) is 23.5 Å². The third-order valence-corrected chi connectivity index (χ3v) is 7.10. The van der Waals surface area contributed by atoms with Crippen LogP contribution in [0.1, 0.15) is 25.5 Å². The first-order valence-corrected chi connectivity index (χ1v) is 10.5. The van der Waals surface area contributed by atoms with Gasteiger partial charge in [0.1, 0.15) is 9.22 Å². The number of anilines is 1. The number of aromatic nitrogens is 1. The summed E-state index contributed by atoms with van der Waals surface area (Å²) in [4.78, 5) is 4.50. The Kier molecular flexibility index (Phi) is 4.90. The van der Waals surface area contributed by atoms with E-state index in [4.69, 9.17) is 0 Å². The van der Waals surface area contributed by atoms with Crippen molar-refractivity contribution in [3.05, 3.63) is 52.4 Å². The van der Waals surface area contributed by atoms with Crippen LogP contribution in [0.15, 0.2) is 39.2 Å². The highest BCUT2D eigenvalue weighted by atomic mass is 32.2. The van der Waals surface area contributed by atoms with Crippen molar-refractivity contribution >= 4 is 38.4 Å². The van der Waals surface area contributed by atoms with Gasteiger partial charge in [0.15, 0.2) is 11.6 Å². The van der Waals surface area contributed by atoms with E-state index in [2.05, 4.69) is 9.71 Å². The summed E-state index contributed by atoms with van der Waals surface area (Å²) in [6, 6.07) is 4.36. The van der Waals surface area contributed by atoms with Gasteiger partial charge in [-0.15, -0.1) is 22.7 Å². The summed E-state index contributed by atoms with van der Waals surface area (Å²) in [5.41, 5.74) is 1.63. The van der Waals surface area contributed by atoms with E-state index < -0.39 is 21.7 Å². The molecule has 25 heavy (non-hydrogen) atoms. The molecule has 0 saturated heterocycles. The summed E-state index contributed by atoms with van der Waals surface area (Å²) in [5.74, 6) is -1.86. The zero-order valence-electron chi connectivity index (χ0n) is 13.3. The molecular formula is C16H14F2N2O2S3. The van der Waals surface area contributed by atoms with Crippen molar-refractivity contribution in [1.29, 1.82) is 0 Å². The topological polar surface area (TPSA) is 59.1 Å². The number of thiazole rings is 1. The number of rotatable bonds is 5. The first-order chi connectivity index (χ1) is 11.8. The van der Waals surface area contributed by atoms with Gasteiger partial charge >= 0.3 is 0 Å². The van der Waals surface area contributed by atoms with Crippen LogP contribution < -0.4 is 4.72 Å². The maximum Gasteiger partial charge on any atom is 0.271 e. The van der Waals surface area contributed by atoms with Crippen molar-refractivity contribution in [2.24, 2.45) is 0 Å². The van der Waals surface area contributed by atoms with Gasteiger partial charge in [-0.05, 0) is 24.1 Å². The first-order valence-electron chi connectivity index (χ1n) is 7.28. The second kappa shape index (κ2) is 6.81. The molecule has 4 nitrogen and oxygen atoms in total. The Balaban J connectivity index is 1.85. The zero-order valence-corrected chi connectivity index (χ0v) is 15.7. The Bertz CT molecular complexity index is 1010. The van der Waals surface area contributed by atoms with E-state index >= 15 is 0 Å². The van der Waals surface area contributed by atoms with E-state index in [-0.39, 0.29) is 9.90 Å². The Morgan fingerprint density at radius 1 is 1.08 bits per heavy atom. The zero-order chi connectivity index (χ0) is 18.2. The van der Waals surface area contributed by atoms with Gasteiger partial charge < -0.3 is 0 Å². The predicted molar refractivity (Wildman–Crippen MR) is 96.7 cm³/mol. The lowest BCUT2D eigenvalue weighted by molar-refractivity contribution is 0.509. The molecule has 0 radical (unpaired) electrons. The number of thiophene rings is 1. The number of nitrogens with one attached hydrogen (secondary N) is 1. The number of sulfonamides is 1. The molecule has 0 aliphatic heterocycles. The fraction of sp³-hybridized carbons (Fsp3) is 0.188. The van der Waals surface area contributed by atoms with Gasteiger partial charge in [-0.1, -0.05) is 13.8 Å². The van der Waals surface area contributed by atoms with Crippen molar-refractivity contribution in [3.63, 3.8) is 0 Å². The second-order valence-corrected chi connectivity index (χ2v) is 9.30. The van der Waals surface area contributed by atoms with E-state index in [1.54, 1.807) is 5.38 Å². The van der Waals surface area contributed by atoms with Gasteiger partial charge in [0.05, 0.1) is 11.4 Å². The number of hydrogen-bond acceptors (Lipinski definition) is 5. The van der Waals surface area contributed by atoms with Gasteiger partial charge in [-0.3, -0.25) is 4.72 Å². The monoisotopic (exact) mass is 400 g/mol. The highest BCUT2D eigenvalue weighted by Crippen LogP contribution is 2.32. The molecule has 3 rings (SSSR count). The molecule has 132 valence electrons. The quantitative estimate of drug-likeness (QED) is 0.650. The summed E-state index contributed by atoms with van der Waals surface area (Å²) in [6.45, 7) is 4.07. The van der Waals surface area contributed by atoms with Crippen LogP contribution in [0.2, 0.25) is 0 Å². The SMILES string of the molecule is CC(C)c1csc(-c2csc(S(=O)(=O)Nc3ccc(F)c(F)c3)c2)n1. The number of halogens is 2. The van der Waals surface area contributed by atoms with Crippen LogP contribution in [0, 0.1) is 11.6 Å². The third-order valence-electron chi connectivity index (χ3n) is 3.37. The van der Waals surface area contributed by atoms with Gasteiger partial charge in [-0.25, -0.2) is 22.2 Å². The molecule has 2 heterocycles. The fourth-order valence-electron chi connectivity index (χ4n) is 2.02. The highest BCUT2D eigenvalue weighted by molar-refractivity contribution is 7.94. The molecule has 0 fully saturated rings. The summed E-state index contributed by atoms with van der Waals surface area (Å²) in [6.07, 6.45) is 0. The molecule has 2 aromatic heterocycles. The Morgan fingerprint density at radius 2 is 1.84 bits per heavy atom. The average molecular weight is 400 g/mol. The summed E-state index contributed by atoms with van der Waals surface area (Å²) in [7, 11) is -3.88. The smallest absolute Gasteiger partial charge is 0.271 e. The van der Waals surface area contributed by atoms with Crippen LogP contribution in [0.5, 0.6) is 0 Å². The van der Waals surface area contributed by atoms with E-state index in [9.17, 15) is 17.2 Å². The summed E-state index contributed by atoms with van der Waals surface area (Å²) >= 11 is 2.50. The molecule has 0 saturated carbocycles. The van der Waals surface area contributed by atoms with Crippen LogP contribution in [0.4, 0.5) is 14.5 Å². The lowest BCUT2D eigenvalue weighted by atomic mass is 10.2. The van der Waals surface area contributed by atoms with Crippen molar-refractivity contribution < 1.29 is 17.2 Å². The van der Waals surface area contributed by atoms with Gasteiger partial charge in [0.25, 0.3) is 10.0 Å². The van der Waals surface area contributed by atoms with E-state index in [0.717, 1.165) is 34.2 Å². The lowest BCUT2D eigenvalue weighted by Crippen LogP contribution is -2.11. The lowest BCUT2D eigenvalue weighted by Gasteiger charge is -2.06. The molecule has 0 aliphatic rings. The van der Waals surface area contributed by atoms with Crippen LogP contribution in [-0.2, 0) is 10.0 Å². The average Bonchev–Trinajstić information content (AvgIpc) is 3.19. The Morgan fingerprint density at radius 3 is 2.48 bits per heavy atom. The van der Waals surface area contributed by atoms with Crippen LogP contribution in [0.25, 0.3) is 10.6 Å². The summed E-state index contributed by atoms with van der Waals surface area (Å²) in [5, 5.41) is 4.41. The maximum atomic E-state index is 13.2. The van der Waals surface area contributed by atoms with Crippen molar-refractivity contribution in [3.8, 4) is 10.6 Å². The Hall–Kier alpha value is -1.84. The van der Waals surface area contributed by atoms with Crippen LogP contribution in [0.3, 0.4) is 0 Å². The molecule has 0 spiro atoms. The van der Waals surface area contributed by atoms with Crippen LogP contribution in [-0.4, -0.2) is 13.4 Å². The summed E-state index contributed by atoms with van der Waals surface area (Å²) < 4.78 is 53.4. The number of hydrogen-bond donors (Lipinski definition) is 1. The largest absolute Gasteiger partial charge is 0.279 e. The highest BCUT2D eigenvalue weighted by Gasteiger charge is 2.19. The predicted octanol–water partition coefficient (Wildman–Crippen LogP) is 5.07. The second-order valence-electron chi connectivity index (χ2n) is 5.62. The van der Waals surface area contributed by atoms with Crippen molar-refractivity contribution in [2.75, 3.05) is 4.72 Å². The minimum absolute atomic E-state index is 0.0369. The third kappa shape index (κ3) is 3.88. The minimum Gasteiger partial charge on any atom is -0.279 e. The minimum atomic E-state index is -3.88. The van der Waals surface area contributed by atoms with Crippen molar-refractivity contribution in [1.82, 2.24) is 4.98 Å². The van der Waals surface area contributed by atoms with E-state index in [0.29, 0.717) is 11.5 Å². The maximum absolute atomic E-state index is 13.2. The molecule has 1 aromatic carbocycles. The van der Waals surface area contributed by atoms with Gasteiger partial charge in [0, 0.05) is 22.4 Å². The molecule has 9 heteroatoms. The number of benzene rings is 1. The molecule has 0 atom stereocenters. The first kappa shape index (κ1) is 18.0. The molecular weight excluding hydrogens is 386 g/mol. The molecule has 0 bridgehead atoms. The fourth-order valence-corrected chi connectivity index (χ4v) is 5.28. The Labute approximate surface area is 152 Å². The number of nitrogens with zero attached hydrogens (tertiary/aromatic N) is 1. The van der Waals surface area contributed by atoms with Gasteiger partial charge in [-0.2, -0.15) is 0 Å².